The molecule has 0 spiro atoms. The number of hydrogen-bond acceptors (Lipinski definition) is 2. The van der Waals surface area contributed by atoms with Crippen molar-refractivity contribution < 1.29 is 14.0 Å². The molecule has 0 aliphatic carbocycles. The van der Waals surface area contributed by atoms with Crippen molar-refractivity contribution in [2.45, 2.75) is 6.92 Å². The Labute approximate surface area is 119 Å². The summed E-state index contributed by atoms with van der Waals surface area (Å²) in [6.07, 6.45) is 0. The van der Waals surface area contributed by atoms with Crippen molar-refractivity contribution in [3.63, 3.8) is 0 Å². The van der Waals surface area contributed by atoms with Crippen molar-refractivity contribution in [1.29, 1.82) is 0 Å². The Morgan fingerprint density at radius 2 is 1.95 bits per heavy atom. The van der Waals surface area contributed by atoms with E-state index in [1.54, 1.807) is 6.92 Å². The van der Waals surface area contributed by atoms with E-state index < -0.39 is 17.6 Å². The van der Waals surface area contributed by atoms with Crippen LogP contribution in [-0.4, -0.2) is 24.9 Å². The molecule has 2 amide bonds. The molecule has 0 atom stereocenters. The van der Waals surface area contributed by atoms with Crippen molar-refractivity contribution in [2.24, 2.45) is 0 Å². The molecule has 0 bridgehead atoms. The van der Waals surface area contributed by atoms with Crippen molar-refractivity contribution in [3.8, 4) is 0 Å². The number of hydrogen-bond donors (Lipinski definition) is 1. The van der Waals surface area contributed by atoms with Gasteiger partial charge in [0.2, 0.25) is 0 Å². The molecule has 19 heavy (non-hydrogen) atoms. The molecule has 0 aromatic heterocycles. The number of nitrogens with one attached hydrogen (secondary N) is 1. The molecule has 1 aromatic rings. The lowest BCUT2D eigenvalue weighted by atomic mass is 10.2. The van der Waals surface area contributed by atoms with E-state index in [1.807, 2.05) is 0 Å². The van der Waals surface area contributed by atoms with Crippen molar-refractivity contribution in [2.75, 3.05) is 18.0 Å². The third-order valence-corrected chi connectivity index (χ3v) is 2.62. The van der Waals surface area contributed by atoms with Gasteiger partial charge < -0.3 is 10.2 Å². The highest BCUT2D eigenvalue weighted by molar-refractivity contribution is 9.11. The van der Waals surface area contributed by atoms with Crippen LogP contribution in [0.25, 0.3) is 0 Å². The Morgan fingerprint density at radius 1 is 1.37 bits per heavy atom. The SMILES string of the molecule is C=C(Br)CNC(=O)C(=O)N(CC)c1ccc(F)cc1. The maximum Gasteiger partial charge on any atom is 0.316 e. The van der Waals surface area contributed by atoms with E-state index in [9.17, 15) is 14.0 Å². The first-order valence-electron chi connectivity index (χ1n) is 5.64. The maximum atomic E-state index is 12.8. The number of amides is 2. The third kappa shape index (κ3) is 4.48. The highest BCUT2D eigenvalue weighted by atomic mass is 79.9. The Kier molecular flexibility index (Phi) is 5.69. The number of halogens is 2. The van der Waals surface area contributed by atoms with Gasteiger partial charge in [-0.05, 0) is 31.2 Å². The molecular formula is C13H14BrFN2O2. The maximum absolute atomic E-state index is 12.8. The van der Waals surface area contributed by atoms with Gasteiger partial charge >= 0.3 is 11.8 Å². The fraction of sp³-hybridized carbons (Fsp3) is 0.231. The molecule has 4 nitrogen and oxygen atoms in total. The van der Waals surface area contributed by atoms with E-state index in [1.165, 1.54) is 29.2 Å². The molecule has 0 unspecified atom stereocenters. The van der Waals surface area contributed by atoms with Gasteiger partial charge in [-0.1, -0.05) is 22.5 Å². The summed E-state index contributed by atoms with van der Waals surface area (Å²) in [7, 11) is 0. The summed E-state index contributed by atoms with van der Waals surface area (Å²) in [5.41, 5.74) is 0.474. The first-order chi connectivity index (χ1) is 8.95. The number of rotatable bonds is 4. The summed E-state index contributed by atoms with van der Waals surface area (Å²) in [5.74, 6) is -1.82. The highest BCUT2D eigenvalue weighted by Crippen LogP contribution is 2.14. The summed E-state index contributed by atoms with van der Waals surface area (Å²) in [6, 6.07) is 5.38. The molecule has 1 N–H and O–H groups in total. The summed E-state index contributed by atoms with van der Waals surface area (Å²) < 4.78 is 13.4. The molecule has 0 fully saturated rings. The smallest absolute Gasteiger partial charge is 0.316 e. The predicted octanol–water partition coefficient (Wildman–Crippen LogP) is 2.20. The Morgan fingerprint density at radius 3 is 2.42 bits per heavy atom. The topological polar surface area (TPSA) is 49.4 Å². The molecule has 1 aromatic carbocycles. The normalized spacial score (nSPS) is 9.84. The van der Waals surface area contributed by atoms with Crippen LogP contribution in [0.3, 0.4) is 0 Å². The summed E-state index contributed by atoms with van der Waals surface area (Å²) >= 11 is 3.08. The van der Waals surface area contributed by atoms with E-state index in [0.29, 0.717) is 16.7 Å². The van der Waals surface area contributed by atoms with Crippen molar-refractivity contribution in [3.05, 3.63) is 41.1 Å². The van der Waals surface area contributed by atoms with Crippen LogP contribution < -0.4 is 10.2 Å². The Balaban J connectivity index is 2.79. The fourth-order valence-corrected chi connectivity index (χ4v) is 1.58. The lowest BCUT2D eigenvalue weighted by Gasteiger charge is -2.20. The predicted molar refractivity (Wildman–Crippen MR) is 75.5 cm³/mol. The molecule has 0 heterocycles. The first-order valence-corrected chi connectivity index (χ1v) is 6.43. The Bertz CT molecular complexity index is 488. The van der Waals surface area contributed by atoms with Crippen molar-refractivity contribution >= 4 is 33.4 Å². The number of anilines is 1. The zero-order valence-corrected chi connectivity index (χ0v) is 12.0. The molecule has 102 valence electrons. The van der Waals surface area contributed by atoms with E-state index in [-0.39, 0.29) is 6.54 Å². The third-order valence-electron chi connectivity index (χ3n) is 2.33. The first kappa shape index (κ1) is 15.4. The Hall–Kier alpha value is -1.69. The van der Waals surface area contributed by atoms with E-state index in [0.717, 1.165) is 0 Å². The number of carbonyl (C=O) groups excluding carboxylic acids is 2. The minimum absolute atomic E-state index is 0.172. The summed E-state index contributed by atoms with van der Waals surface area (Å²) in [6.45, 7) is 5.77. The van der Waals surface area contributed by atoms with Crippen LogP contribution in [0.1, 0.15) is 6.92 Å². The minimum atomic E-state index is -0.730. The van der Waals surface area contributed by atoms with Gasteiger partial charge in [0.05, 0.1) is 0 Å². The molecule has 0 saturated heterocycles. The number of benzene rings is 1. The summed E-state index contributed by atoms with van der Waals surface area (Å²) in [4.78, 5) is 24.9. The van der Waals surface area contributed by atoms with E-state index in [2.05, 4.69) is 27.8 Å². The van der Waals surface area contributed by atoms with Crippen LogP contribution in [0, 0.1) is 5.82 Å². The standard InChI is InChI=1S/C13H14BrFN2O2/c1-3-17(11-6-4-10(15)5-7-11)13(19)12(18)16-8-9(2)14/h4-7H,2-3,8H2,1H3,(H,16,18). The molecule has 1 rings (SSSR count). The van der Waals surface area contributed by atoms with Gasteiger partial charge in [0.25, 0.3) is 0 Å². The average Bonchev–Trinajstić information content (AvgIpc) is 2.38. The fourth-order valence-electron chi connectivity index (χ4n) is 1.44. The van der Waals surface area contributed by atoms with Gasteiger partial charge in [-0.3, -0.25) is 9.59 Å². The van der Waals surface area contributed by atoms with Gasteiger partial charge in [0.1, 0.15) is 5.82 Å². The van der Waals surface area contributed by atoms with Gasteiger partial charge in [0, 0.05) is 23.3 Å². The van der Waals surface area contributed by atoms with Crippen molar-refractivity contribution in [1.82, 2.24) is 5.32 Å². The van der Waals surface area contributed by atoms with Gasteiger partial charge in [0.15, 0.2) is 0 Å². The molecule has 6 heteroatoms. The van der Waals surface area contributed by atoms with Crippen LogP contribution in [-0.2, 0) is 9.59 Å². The molecule has 0 saturated carbocycles. The second-order valence-corrected chi connectivity index (χ2v) is 4.85. The summed E-state index contributed by atoms with van der Waals surface area (Å²) in [5, 5.41) is 2.43. The molecular weight excluding hydrogens is 315 g/mol. The zero-order valence-electron chi connectivity index (χ0n) is 10.5. The average molecular weight is 329 g/mol. The van der Waals surface area contributed by atoms with Crippen LogP contribution >= 0.6 is 15.9 Å². The van der Waals surface area contributed by atoms with Gasteiger partial charge in [-0.2, -0.15) is 0 Å². The van der Waals surface area contributed by atoms with E-state index in [4.69, 9.17) is 0 Å². The number of nitrogens with zero attached hydrogens (tertiary/aromatic N) is 1. The number of likely N-dealkylation sites (N-methyl/N-ethyl adjacent to an activating group) is 1. The number of carbonyl (C=O) groups is 2. The van der Waals surface area contributed by atoms with Gasteiger partial charge in [-0.15, -0.1) is 0 Å². The monoisotopic (exact) mass is 328 g/mol. The van der Waals surface area contributed by atoms with Crippen LogP contribution in [0.2, 0.25) is 0 Å². The highest BCUT2D eigenvalue weighted by Gasteiger charge is 2.21. The van der Waals surface area contributed by atoms with Crippen LogP contribution in [0.15, 0.2) is 35.3 Å². The lowest BCUT2D eigenvalue weighted by Crippen LogP contribution is -2.43. The van der Waals surface area contributed by atoms with Gasteiger partial charge in [-0.25, -0.2) is 4.39 Å². The van der Waals surface area contributed by atoms with Crippen LogP contribution in [0.5, 0.6) is 0 Å². The van der Waals surface area contributed by atoms with Crippen LogP contribution in [0.4, 0.5) is 10.1 Å². The zero-order chi connectivity index (χ0) is 14.4. The largest absolute Gasteiger partial charge is 0.343 e. The molecule has 0 aliphatic rings. The molecule has 0 aliphatic heterocycles. The second kappa shape index (κ2) is 7.04. The molecule has 0 radical (unpaired) electrons. The minimum Gasteiger partial charge on any atom is -0.343 e. The quantitative estimate of drug-likeness (QED) is 0.861. The second-order valence-electron chi connectivity index (χ2n) is 3.73. The lowest BCUT2D eigenvalue weighted by molar-refractivity contribution is -0.137. The van der Waals surface area contributed by atoms with E-state index >= 15 is 0 Å².